The highest BCUT2D eigenvalue weighted by atomic mass is 16.5. The van der Waals surface area contributed by atoms with E-state index in [-0.39, 0.29) is 18.0 Å². The van der Waals surface area contributed by atoms with Gasteiger partial charge in [-0.05, 0) is 55.3 Å². The number of anilines is 1. The van der Waals surface area contributed by atoms with Gasteiger partial charge in [0.25, 0.3) is 5.56 Å². The van der Waals surface area contributed by atoms with E-state index in [1.807, 2.05) is 32.0 Å². The number of nitrogens with zero attached hydrogens (tertiary/aromatic N) is 2. The van der Waals surface area contributed by atoms with Crippen molar-refractivity contribution in [3.63, 3.8) is 0 Å². The van der Waals surface area contributed by atoms with Crippen LogP contribution in [-0.2, 0) is 11.3 Å². The lowest BCUT2D eigenvalue weighted by molar-refractivity contribution is -0.117. The monoisotopic (exact) mass is 393 g/mol. The van der Waals surface area contributed by atoms with Crippen molar-refractivity contribution >= 4 is 11.6 Å². The Hall–Kier alpha value is -3.61. The Labute approximate surface area is 168 Å². The fourth-order valence-corrected chi connectivity index (χ4v) is 2.92. The molecule has 0 bridgehead atoms. The molecule has 3 aromatic rings. The molecule has 7 nitrogen and oxygen atoms in total. The molecule has 1 heterocycles. The van der Waals surface area contributed by atoms with E-state index < -0.39 is 0 Å². The lowest BCUT2D eigenvalue weighted by Crippen LogP contribution is -2.29. The number of aromatic nitrogens is 2. The number of methoxy groups -OCH3 is 2. The number of hydrogen-bond donors (Lipinski definition) is 1. The van der Waals surface area contributed by atoms with Gasteiger partial charge >= 0.3 is 0 Å². The van der Waals surface area contributed by atoms with Gasteiger partial charge in [0, 0.05) is 17.3 Å². The maximum Gasteiger partial charge on any atom is 0.267 e. The Balaban J connectivity index is 1.89. The second-order valence-corrected chi connectivity index (χ2v) is 6.65. The molecule has 7 heteroatoms. The van der Waals surface area contributed by atoms with Gasteiger partial charge in [0.2, 0.25) is 5.91 Å². The highest BCUT2D eigenvalue weighted by Crippen LogP contribution is 2.31. The first-order valence-corrected chi connectivity index (χ1v) is 9.09. The summed E-state index contributed by atoms with van der Waals surface area (Å²) in [5.41, 5.74) is 3.49. The molecule has 2 aromatic carbocycles. The largest absolute Gasteiger partial charge is 0.497 e. The molecular weight excluding hydrogens is 370 g/mol. The number of carbonyl (C=O) groups is 1. The normalized spacial score (nSPS) is 10.5. The summed E-state index contributed by atoms with van der Waals surface area (Å²) in [6.07, 6.45) is 0. The summed E-state index contributed by atoms with van der Waals surface area (Å²) in [5.74, 6) is 0.888. The van der Waals surface area contributed by atoms with E-state index >= 15 is 0 Å². The minimum Gasteiger partial charge on any atom is -0.497 e. The molecule has 3 rings (SSSR count). The highest BCUT2D eigenvalue weighted by Gasteiger charge is 2.13. The van der Waals surface area contributed by atoms with Gasteiger partial charge in [-0.15, -0.1) is 0 Å². The van der Waals surface area contributed by atoms with E-state index in [1.54, 1.807) is 38.5 Å². The number of hydrogen-bond acceptors (Lipinski definition) is 5. The predicted molar refractivity (Wildman–Crippen MR) is 112 cm³/mol. The van der Waals surface area contributed by atoms with Gasteiger partial charge in [0.15, 0.2) is 0 Å². The average molecular weight is 393 g/mol. The van der Waals surface area contributed by atoms with Gasteiger partial charge < -0.3 is 14.8 Å². The lowest BCUT2D eigenvalue weighted by atomic mass is 10.1. The van der Waals surface area contributed by atoms with E-state index in [4.69, 9.17) is 9.47 Å². The standard InChI is InChI=1S/C22H23N3O4/c1-14-5-6-15(2)19(11-14)23-21(26)13-25-22(27)10-8-18(24-25)17-12-16(28-3)7-9-20(17)29-4/h5-12H,13H2,1-4H3,(H,23,26). The van der Waals surface area contributed by atoms with Gasteiger partial charge in [-0.3, -0.25) is 9.59 Å². The fourth-order valence-electron chi connectivity index (χ4n) is 2.92. The number of benzene rings is 2. The minimum atomic E-state index is -0.369. The molecule has 1 aromatic heterocycles. The third-order valence-corrected chi connectivity index (χ3v) is 4.51. The molecule has 0 aliphatic heterocycles. The van der Waals surface area contributed by atoms with Crippen LogP contribution in [0.4, 0.5) is 5.69 Å². The smallest absolute Gasteiger partial charge is 0.267 e. The van der Waals surface area contributed by atoms with E-state index in [0.717, 1.165) is 15.8 Å². The Morgan fingerprint density at radius 1 is 1.03 bits per heavy atom. The summed E-state index contributed by atoms with van der Waals surface area (Å²) in [6, 6.07) is 14.1. The molecule has 1 N–H and O–H groups in total. The van der Waals surface area contributed by atoms with Crippen LogP contribution in [0.5, 0.6) is 11.5 Å². The minimum absolute atomic E-state index is 0.202. The molecule has 0 fully saturated rings. The van der Waals surface area contributed by atoms with Gasteiger partial charge in [-0.25, -0.2) is 4.68 Å². The number of ether oxygens (including phenoxy) is 2. The van der Waals surface area contributed by atoms with E-state index in [1.165, 1.54) is 6.07 Å². The summed E-state index contributed by atoms with van der Waals surface area (Å²) in [5, 5.41) is 7.20. The second kappa shape index (κ2) is 8.60. The van der Waals surface area contributed by atoms with Crippen LogP contribution in [-0.4, -0.2) is 29.9 Å². The summed E-state index contributed by atoms with van der Waals surface area (Å²) in [6.45, 7) is 3.66. The summed E-state index contributed by atoms with van der Waals surface area (Å²) < 4.78 is 11.8. The van der Waals surface area contributed by atoms with Crippen molar-refractivity contribution < 1.29 is 14.3 Å². The van der Waals surface area contributed by atoms with Crippen LogP contribution in [0.2, 0.25) is 0 Å². The van der Waals surface area contributed by atoms with Crippen LogP contribution >= 0.6 is 0 Å². The number of nitrogens with one attached hydrogen (secondary N) is 1. The molecule has 0 aliphatic rings. The topological polar surface area (TPSA) is 82.5 Å². The van der Waals surface area contributed by atoms with Crippen molar-refractivity contribution in [1.29, 1.82) is 0 Å². The quantitative estimate of drug-likeness (QED) is 0.696. The second-order valence-electron chi connectivity index (χ2n) is 6.65. The van der Waals surface area contributed by atoms with Crippen LogP contribution in [0, 0.1) is 13.8 Å². The van der Waals surface area contributed by atoms with Crippen molar-refractivity contribution in [2.45, 2.75) is 20.4 Å². The molecule has 1 amide bonds. The lowest BCUT2D eigenvalue weighted by Gasteiger charge is -2.12. The summed E-state index contributed by atoms with van der Waals surface area (Å²) in [4.78, 5) is 24.8. The van der Waals surface area contributed by atoms with Crippen LogP contribution in [0.1, 0.15) is 11.1 Å². The third-order valence-electron chi connectivity index (χ3n) is 4.51. The molecule has 0 spiro atoms. The van der Waals surface area contributed by atoms with Crippen molar-refractivity contribution in [2.24, 2.45) is 0 Å². The zero-order valence-electron chi connectivity index (χ0n) is 16.9. The number of amides is 1. The molecule has 0 aliphatic carbocycles. The van der Waals surface area contributed by atoms with Crippen LogP contribution in [0.15, 0.2) is 53.3 Å². The maximum atomic E-state index is 12.5. The molecule has 0 radical (unpaired) electrons. The predicted octanol–water partition coefficient (Wildman–Crippen LogP) is 3.18. The van der Waals surface area contributed by atoms with E-state index in [2.05, 4.69) is 10.4 Å². The SMILES string of the molecule is COc1ccc(OC)c(-c2ccc(=O)n(CC(=O)Nc3cc(C)ccc3C)n2)c1. The van der Waals surface area contributed by atoms with Crippen molar-refractivity contribution in [3.05, 3.63) is 70.0 Å². The molecule has 0 saturated carbocycles. The molecule has 0 unspecified atom stereocenters. The third kappa shape index (κ3) is 4.63. The zero-order chi connectivity index (χ0) is 21.0. The molecule has 150 valence electrons. The Morgan fingerprint density at radius 2 is 1.83 bits per heavy atom. The number of rotatable bonds is 6. The maximum absolute atomic E-state index is 12.5. The van der Waals surface area contributed by atoms with Gasteiger partial charge in [0.05, 0.1) is 19.9 Å². The Kier molecular flexibility index (Phi) is 5.97. The highest BCUT2D eigenvalue weighted by molar-refractivity contribution is 5.91. The average Bonchev–Trinajstić information content (AvgIpc) is 2.71. The molecular formula is C22H23N3O4. The first kappa shape index (κ1) is 20.1. The molecule has 0 atom stereocenters. The van der Waals surface area contributed by atoms with Crippen LogP contribution in [0.25, 0.3) is 11.3 Å². The van der Waals surface area contributed by atoms with Crippen LogP contribution < -0.4 is 20.3 Å². The van der Waals surface area contributed by atoms with Gasteiger partial charge in [-0.2, -0.15) is 5.10 Å². The number of carbonyl (C=O) groups excluding carboxylic acids is 1. The van der Waals surface area contributed by atoms with Crippen molar-refractivity contribution in [2.75, 3.05) is 19.5 Å². The van der Waals surface area contributed by atoms with E-state index in [9.17, 15) is 9.59 Å². The molecule has 29 heavy (non-hydrogen) atoms. The van der Waals surface area contributed by atoms with Gasteiger partial charge in [-0.1, -0.05) is 12.1 Å². The summed E-state index contributed by atoms with van der Waals surface area (Å²) in [7, 11) is 3.12. The Morgan fingerprint density at radius 3 is 2.55 bits per heavy atom. The Bertz CT molecular complexity index is 1110. The van der Waals surface area contributed by atoms with Crippen LogP contribution in [0.3, 0.4) is 0 Å². The van der Waals surface area contributed by atoms with Crippen molar-refractivity contribution in [3.8, 4) is 22.8 Å². The zero-order valence-corrected chi connectivity index (χ0v) is 16.9. The van der Waals surface area contributed by atoms with Gasteiger partial charge in [0.1, 0.15) is 18.0 Å². The number of aryl methyl sites for hydroxylation is 2. The fraction of sp³-hybridized carbons (Fsp3) is 0.227. The first-order valence-electron chi connectivity index (χ1n) is 9.09. The van der Waals surface area contributed by atoms with Crippen molar-refractivity contribution in [1.82, 2.24) is 9.78 Å². The molecule has 0 saturated heterocycles. The van der Waals surface area contributed by atoms with E-state index in [0.29, 0.717) is 28.4 Å². The summed E-state index contributed by atoms with van der Waals surface area (Å²) >= 11 is 0. The first-order chi connectivity index (χ1) is 13.9.